The Morgan fingerprint density at radius 2 is 1.80 bits per heavy atom. The highest BCUT2D eigenvalue weighted by Gasteiger charge is 2.17. The predicted molar refractivity (Wildman–Crippen MR) is 131 cm³/mol. The van der Waals surface area contributed by atoms with Gasteiger partial charge in [0.25, 0.3) is 0 Å². The Morgan fingerprint density at radius 3 is 2.57 bits per heavy atom. The fourth-order valence-electron chi connectivity index (χ4n) is 4.03. The van der Waals surface area contributed by atoms with Crippen LogP contribution < -0.4 is 10.5 Å². The molecular formula is C28H28FNO5. The van der Waals surface area contributed by atoms with Crippen molar-refractivity contribution in [3.05, 3.63) is 88.9 Å². The molecular weight excluding hydrogens is 449 g/mol. The third-order valence-electron chi connectivity index (χ3n) is 5.61. The molecule has 0 spiro atoms. The van der Waals surface area contributed by atoms with E-state index in [0.717, 1.165) is 16.5 Å². The largest absolute Gasteiger partial charge is 0.489 e. The van der Waals surface area contributed by atoms with Crippen LogP contribution in [0.25, 0.3) is 22.1 Å². The van der Waals surface area contributed by atoms with Gasteiger partial charge in [0.2, 0.25) is 0 Å². The summed E-state index contributed by atoms with van der Waals surface area (Å²) in [4.78, 5) is 12.0. The lowest BCUT2D eigenvalue weighted by atomic mass is 9.98. The second kappa shape index (κ2) is 11.2. The van der Waals surface area contributed by atoms with E-state index in [1.807, 2.05) is 42.5 Å². The number of hydrogen-bond acceptors (Lipinski definition) is 6. The number of esters is 1. The normalized spacial score (nSPS) is 11.1. The van der Waals surface area contributed by atoms with Gasteiger partial charge in [-0.1, -0.05) is 36.4 Å². The van der Waals surface area contributed by atoms with E-state index in [0.29, 0.717) is 47.0 Å². The topological polar surface area (TPSA) is 83.9 Å². The lowest BCUT2D eigenvalue weighted by Crippen LogP contribution is -2.09. The van der Waals surface area contributed by atoms with Gasteiger partial charge in [0.1, 0.15) is 36.1 Å². The number of furan rings is 1. The molecule has 4 rings (SSSR count). The van der Waals surface area contributed by atoms with Crippen LogP contribution in [0.3, 0.4) is 0 Å². The Kier molecular flexibility index (Phi) is 7.80. The molecule has 0 radical (unpaired) electrons. The Balaban J connectivity index is 1.70. The number of para-hydroxylation sites is 1. The molecule has 0 aliphatic heterocycles. The van der Waals surface area contributed by atoms with E-state index in [1.54, 1.807) is 32.2 Å². The molecule has 1 heterocycles. The number of benzene rings is 3. The van der Waals surface area contributed by atoms with Gasteiger partial charge >= 0.3 is 5.97 Å². The predicted octanol–water partition coefficient (Wildman–Crippen LogP) is 5.53. The third kappa shape index (κ3) is 5.53. The molecule has 6 nitrogen and oxygen atoms in total. The Morgan fingerprint density at radius 1 is 1.00 bits per heavy atom. The van der Waals surface area contributed by atoms with E-state index in [4.69, 9.17) is 24.4 Å². The number of carbonyl (C=O) groups is 1. The summed E-state index contributed by atoms with van der Waals surface area (Å²) >= 11 is 0. The molecule has 0 saturated carbocycles. The summed E-state index contributed by atoms with van der Waals surface area (Å²) in [5, 5.41) is 0.811. The second-order valence-electron chi connectivity index (χ2n) is 8.07. The summed E-state index contributed by atoms with van der Waals surface area (Å²) in [7, 11) is 1.59. The molecule has 182 valence electrons. The Labute approximate surface area is 203 Å². The maximum Gasteiger partial charge on any atom is 0.310 e. The van der Waals surface area contributed by atoms with Crippen LogP contribution in [0.5, 0.6) is 5.75 Å². The average Bonchev–Trinajstić information content (AvgIpc) is 3.26. The number of rotatable bonds is 10. The molecule has 0 amide bonds. The van der Waals surface area contributed by atoms with Crippen LogP contribution in [-0.4, -0.2) is 19.7 Å². The van der Waals surface area contributed by atoms with Crippen molar-refractivity contribution in [3.63, 3.8) is 0 Å². The van der Waals surface area contributed by atoms with Crippen molar-refractivity contribution < 1.29 is 27.8 Å². The number of methoxy groups -OCH3 is 1. The molecule has 0 aliphatic carbocycles. The molecule has 0 unspecified atom stereocenters. The van der Waals surface area contributed by atoms with Crippen LogP contribution in [0.1, 0.15) is 29.4 Å². The fraction of sp³-hybridized carbons (Fsp3) is 0.250. The van der Waals surface area contributed by atoms with Gasteiger partial charge in [0.05, 0.1) is 13.0 Å². The van der Waals surface area contributed by atoms with Crippen LogP contribution in [0.15, 0.2) is 65.1 Å². The molecule has 3 aromatic carbocycles. The lowest BCUT2D eigenvalue weighted by Gasteiger charge is -2.13. The summed E-state index contributed by atoms with van der Waals surface area (Å²) in [5.41, 5.74) is 9.29. The van der Waals surface area contributed by atoms with Gasteiger partial charge in [-0.05, 0) is 36.8 Å². The van der Waals surface area contributed by atoms with E-state index in [2.05, 4.69) is 0 Å². The first kappa shape index (κ1) is 24.4. The number of ether oxygens (including phenoxy) is 3. The summed E-state index contributed by atoms with van der Waals surface area (Å²) in [6.45, 7) is 2.70. The smallest absolute Gasteiger partial charge is 0.310 e. The van der Waals surface area contributed by atoms with Crippen LogP contribution >= 0.6 is 0 Å². The molecule has 0 fully saturated rings. The zero-order chi connectivity index (χ0) is 24.8. The van der Waals surface area contributed by atoms with E-state index in [1.165, 1.54) is 0 Å². The van der Waals surface area contributed by atoms with Crippen molar-refractivity contribution in [3.8, 4) is 16.9 Å². The van der Waals surface area contributed by atoms with Gasteiger partial charge < -0.3 is 24.4 Å². The highest BCUT2D eigenvalue weighted by molar-refractivity contribution is 5.94. The first-order chi connectivity index (χ1) is 17.0. The van der Waals surface area contributed by atoms with Gasteiger partial charge in [-0.15, -0.1) is 0 Å². The monoisotopic (exact) mass is 477 g/mol. The molecule has 35 heavy (non-hydrogen) atoms. The van der Waals surface area contributed by atoms with Crippen LogP contribution in [-0.2, 0) is 40.4 Å². The van der Waals surface area contributed by atoms with Crippen LogP contribution in [0.4, 0.5) is 4.39 Å². The average molecular weight is 478 g/mol. The van der Waals surface area contributed by atoms with Crippen molar-refractivity contribution in [2.75, 3.05) is 13.7 Å². The van der Waals surface area contributed by atoms with Crippen molar-refractivity contribution in [2.24, 2.45) is 5.73 Å². The van der Waals surface area contributed by atoms with Crippen LogP contribution in [0, 0.1) is 5.82 Å². The van der Waals surface area contributed by atoms with Crippen molar-refractivity contribution >= 4 is 16.9 Å². The third-order valence-corrected chi connectivity index (χ3v) is 5.61. The fourth-order valence-corrected chi connectivity index (χ4v) is 4.03. The Hall–Kier alpha value is -3.68. The lowest BCUT2D eigenvalue weighted by molar-refractivity contribution is -0.142. The minimum Gasteiger partial charge on any atom is -0.489 e. The molecule has 0 saturated heterocycles. The van der Waals surface area contributed by atoms with Gasteiger partial charge in [-0.2, -0.15) is 0 Å². The van der Waals surface area contributed by atoms with Crippen LogP contribution in [0.2, 0.25) is 0 Å². The number of halogens is 1. The van der Waals surface area contributed by atoms with E-state index >= 15 is 4.39 Å². The summed E-state index contributed by atoms with van der Waals surface area (Å²) < 4.78 is 37.6. The maximum absolute atomic E-state index is 15.2. The summed E-state index contributed by atoms with van der Waals surface area (Å²) in [6.07, 6.45) is 0.119. The maximum atomic E-state index is 15.2. The van der Waals surface area contributed by atoms with E-state index in [9.17, 15) is 4.79 Å². The SMILES string of the molecule is CCOC(=O)Cc1ccccc1OCc1cc(-c2cccc(CN)c2F)c2oc(COC)cc2c1. The highest BCUT2D eigenvalue weighted by Crippen LogP contribution is 2.35. The Bertz CT molecular complexity index is 1330. The van der Waals surface area contributed by atoms with Gasteiger partial charge in [-0.3, -0.25) is 4.79 Å². The van der Waals surface area contributed by atoms with E-state index in [-0.39, 0.29) is 31.4 Å². The van der Waals surface area contributed by atoms with Crippen molar-refractivity contribution in [2.45, 2.75) is 33.1 Å². The minimum absolute atomic E-state index is 0.0932. The zero-order valence-electron chi connectivity index (χ0n) is 19.8. The number of hydrogen-bond donors (Lipinski definition) is 1. The van der Waals surface area contributed by atoms with Gasteiger partial charge in [-0.25, -0.2) is 4.39 Å². The first-order valence-electron chi connectivity index (χ1n) is 11.4. The molecule has 2 N–H and O–H groups in total. The first-order valence-corrected chi connectivity index (χ1v) is 11.4. The molecule has 7 heteroatoms. The zero-order valence-corrected chi connectivity index (χ0v) is 19.8. The number of fused-ring (bicyclic) bond motifs is 1. The summed E-state index contributed by atoms with van der Waals surface area (Å²) in [6, 6.07) is 18.2. The van der Waals surface area contributed by atoms with Crippen molar-refractivity contribution in [1.29, 1.82) is 0 Å². The second-order valence-corrected chi connectivity index (χ2v) is 8.07. The molecule has 0 aliphatic rings. The molecule has 0 atom stereocenters. The van der Waals surface area contributed by atoms with Gasteiger partial charge in [0.15, 0.2) is 0 Å². The summed E-state index contributed by atoms with van der Waals surface area (Å²) in [5.74, 6) is 0.535. The highest BCUT2D eigenvalue weighted by atomic mass is 19.1. The number of carbonyl (C=O) groups excluding carboxylic acids is 1. The standard InChI is InChI=1S/C28H28FNO5/c1-3-33-26(31)14-19-7-4-5-10-25(19)34-16-18-11-21-13-22(17-32-2)35-28(21)24(12-18)23-9-6-8-20(15-30)27(23)29/h4-13H,3,14-17,30H2,1-2H3. The molecule has 0 bridgehead atoms. The minimum atomic E-state index is -0.376. The molecule has 1 aromatic heterocycles. The quantitative estimate of drug-likeness (QED) is 0.303. The van der Waals surface area contributed by atoms with Crippen molar-refractivity contribution in [1.82, 2.24) is 0 Å². The van der Waals surface area contributed by atoms with Gasteiger partial charge in [0, 0.05) is 41.3 Å². The molecule has 4 aromatic rings. The number of nitrogens with two attached hydrogens (primary N) is 1. The van der Waals surface area contributed by atoms with E-state index < -0.39 is 0 Å².